The monoisotopic (exact) mass is 388 g/mol. The lowest BCUT2D eigenvalue weighted by Gasteiger charge is -2.29. The van der Waals surface area contributed by atoms with Gasteiger partial charge in [-0.1, -0.05) is 122 Å². The molecule has 0 radical (unpaired) electrons. The highest BCUT2D eigenvalue weighted by Gasteiger charge is 2.24. The van der Waals surface area contributed by atoms with Crippen molar-refractivity contribution in [3.8, 4) is 5.75 Å². The first-order valence-corrected chi connectivity index (χ1v) is 12.5. The molecule has 0 aliphatic carbocycles. The lowest BCUT2D eigenvalue weighted by Crippen LogP contribution is -2.14. The van der Waals surface area contributed by atoms with Gasteiger partial charge in [-0.25, -0.2) is 0 Å². The van der Waals surface area contributed by atoms with Gasteiger partial charge in [0, 0.05) is 0 Å². The minimum atomic E-state index is 0.520. The number of rotatable bonds is 18. The number of aromatic hydroxyl groups is 1. The highest BCUT2D eigenvalue weighted by Crippen LogP contribution is 2.40. The minimum Gasteiger partial charge on any atom is -0.508 e. The summed E-state index contributed by atoms with van der Waals surface area (Å²) >= 11 is 0. The Morgan fingerprint density at radius 2 is 1.07 bits per heavy atom. The number of hydrogen-bond acceptors (Lipinski definition) is 1. The van der Waals surface area contributed by atoms with Gasteiger partial charge in [-0.3, -0.25) is 0 Å². The van der Waals surface area contributed by atoms with Crippen LogP contribution in [0.4, 0.5) is 0 Å². The Labute approximate surface area is 176 Å². The molecule has 162 valence electrons. The molecule has 1 N–H and O–H groups in total. The van der Waals surface area contributed by atoms with Crippen molar-refractivity contribution in [2.24, 2.45) is 5.92 Å². The fraction of sp³-hybridized carbons (Fsp3) is 0.778. The van der Waals surface area contributed by atoms with Gasteiger partial charge in [0.25, 0.3) is 0 Å². The van der Waals surface area contributed by atoms with Crippen molar-refractivity contribution < 1.29 is 5.11 Å². The maximum atomic E-state index is 10.6. The third-order valence-corrected chi connectivity index (χ3v) is 6.38. The standard InChI is InChI=1S/C27H48O/c1-4-7-10-11-12-13-16-21-25(26-22-17-18-23-27(26)28)24(19-14-8-5-2)20-15-9-6-3/h17-18,22-25,28H,4-16,19-21H2,1-3H3. The molecular formula is C27H48O. The topological polar surface area (TPSA) is 20.2 Å². The van der Waals surface area contributed by atoms with E-state index in [0.717, 1.165) is 5.92 Å². The summed E-state index contributed by atoms with van der Waals surface area (Å²) in [6, 6.07) is 8.16. The highest BCUT2D eigenvalue weighted by molar-refractivity contribution is 5.35. The number of unbranched alkanes of at least 4 members (excludes halogenated alkanes) is 10. The summed E-state index contributed by atoms with van der Waals surface area (Å²) in [5.74, 6) is 1.78. The number of hydrogen-bond donors (Lipinski definition) is 1. The third-order valence-electron chi connectivity index (χ3n) is 6.38. The first-order chi connectivity index (χ1) is 13.7. The molecule has 0 saturated carbocycles. The second-order valence-electron chi connectivity index (χ2n) is 8.83. The normalized spacial score (nSPS) is 12.6. The molecule has 28 heavy (non-hydrogen) atoms. The number of para-hydroxylation sites is 1. The van der Waals surface area contributed by atoms with E-state index in [4.69, 9.17) is 0 Å². The fourth-order valence-corrected chi connectivity index (χ4v) is 4.63. The Bertz CT molecular complexity index is 457. The molecule has 0 aliphatic rings. The molecule has 0 aromatic heterocycles. The molecule has 0 bridgehead atoms. The molecular weight excluding hydrogens is 340 g/mol. The number of benzene rings is 1. The van der Waals surface area contributed by atoms with E-state index in [1.165, 1.54) is 108 Å². The van der Waals surface area contributed by atoms with E-state index in [1.807, 2.05) is 12.1 Å². The van der Waals surface area contributed by atoms with Gasteiger partial charge >= 0.3 is 0 Å². The van der Waals surface area contributed by atoms with Crippen LogP contribution in [-0.4, -0.2) is 5.11 Å². The Balaban J connectivity index is 2.73. The fourth-order valence-electron chi connectivity index (χ4n) is 4.63. The van der Waals surface area contributed by atoms with Crippen LogP contribution in [0.3, 0.4) is 0 Å². The summed E-state index contributed by atoms with van der Waals surface area (Å²) in [6.07, 6.45) is 21.4. The van der Waals surface area contributed by atoms with E-state index in [0.29, 0.717) is 11.7 Å². The summed E-state index contributed by atoms with van der Waals surface area (Å²) in [5, 5.41) is 10.6. The molecule has 1 unspecified atom stereocenters. The van der Waals surface area contributed by atoms with Crippen LogP contribution in [0.5, 0.6) is 5.75 Å². The molecule has 0 spiro atoms. The molecule has 0 aliphatic heterocycles. The van der Waals surface area contributed by atoms with Crippen molar-refractivity contribution in [1.82, 2.24) is 0 Å². The third kappa shape index (κ3) is 10.5. The number of phenolic OH excluding ortho intramolecular Hbond substituents is 1. The zero-order valence-corrected chi connectivity index (χ0v) is 19.2. The Kier molecular flexibility index (Phi) is 15.1. The van der Waals surface area contributed by atoms with Crippen LogP contribution in [0.15, 0.2) is 24.3 Å². The molecule has 0 saturated heterocycles. The molecule has 0 amide bonds. The maximum Gasteiger partial charge on any atom is 0.119 e. The smallest absolute Gasteiger partial charge is 0.119 e. The van der Waals surface area contributed by atoms with Crippen LogP contribution in [0.1, 0.15) is 135 Å². The van der Waals surface area contributed by atoms with Crippen molar-refractivity contribution in [1.29, 1.82) is 0 Å². The number of phenols is 1. The van der Waals surface area contributed by atoms with E-state index in [-0.39, 0.29) is 0 Å². The van der Waals surface area contributed by atoms with Crippen LogP contribution >= 0.6 is 0 Å². The van der Waals surface area contributed by atoms with E-state index in [9.17, 15) is 5.11 Å². The second-order valence-corrected chi connectivity index (χ2v) is 8.83. The molecule has 1 nitrogen and oxygen atoms in total. The summed E-state index contributed by atoms with van der Waals surface area (Å²) in [7, 11) is 0. The van der Waals surface area contributed by atoms with Crippen molar-refractivity contribution in [3.63, 3.8) is 0 Å². The van der Waals surface area contributed by atoms with Crippen LogP contribution in [0.2, 0.25) is 0 Å². The van der Waals surface area contributed by atoms with E-state index >= 15 is 0 Å². The average Bonchev–Trinajstić information content (AvgIpc) is 2.70. The molecule has 1 aromatic carbocycles. The Hall–Kier alpha value is -0.980. The van der Waals surface area contributed by atoms with Gasteiger partial charge in [-0.05, 0) is 42.7 Å². The van der Waals surface area contributed by atoms with E-state index < -0.39 is 0 Å². The van der Waals surface area contributed by atoms with Gasteiger partial charge in [0.15, 0.2) is 0 Å². The SMILES string of the molecule is CCCCCCCCCC(c1ccccc1O)C(CCCCC)CCCCC. The van der Waals surface area contributed by atoms with Gasteiger partial charge in [-0.2, -0.15) is 0 Å². The predicted octanol–water partition coefficient (Wildman–Crippen LogP) is 9.39. The van der Waals surface area contributed by atoms with Crippen LogP contribution < -0.4 is 0 Å². The van der Waals surface area contributed by atoms with E-state index in [2.05, 4.69) is 32.9 Å². The van der Waals surface area contributed by atoms with Crippen LogP contribution in [-0.2, 0) is 0 Å². The average molecular weight is 389 g/mol. The van der Waals surface area contributed by atoms with E-state index in [1.54, 1.807) is 0 Å². The summed E-state index contributed by atoms with van der Waals surface area (Å²) < 4.78 is 0. The zero-order chi connectivity index (χ0) is 20.5. The molecule has 1 rings (SSSR count). The van der Waals surface area contributed by atoms with Gasteiger partial charge < -0.3 is 5.11 Å². The first-order valence-electron chi connectivity index (χ1n) is 12.5. The molecule has 1 heteroatoms. The summed E-state index contributed by atoms with van der Waals surface area (Å²) in [6.45, 7) is 6.88. The quantitative estimate of drug-likeness (QED) is 0.248. The molecule has 1 atom stereocenters. The molecule has 1 aromatic rings. The molecule has 0 fully saturated rings. The first kappa shape index (κ1) is 25.1. The van der Waals surface area contributed by atoms with Crippen molar-refractivity contribution in [3.05, 3.63) is 29.8 Å². The largest absolute Gasteiger partial charge is 0.508 e. The lowest BCUT2D eigenvalue weighted by atomic mass is 9.76. The molecule has 0 heterocycles. The van der Waals surface area contributed by atoms with Crippen LogP contribution in [0.25, 0.3) is 0 Å². The minimum absolute atomic E-state index is 0.520. The van der Waals surface area contributed by atoms with Gasteiger partial charge in [0.1, 0.15) is 5.75 Å². The predicted molar refractivity (Wildman–Crippen MR) is 125 cm³/mol. The zero-order valence-electron chi connectivity index (χ0n) is 19.2. The highest BCUT2D eigenvalue weighted by atomic mass is 16.3. The van der Waals surface area contributed by atoms with Gasteiger partial charge in [-0.15, -0.1) is 0 Å². The van der Waals surface area contributed by atoms with Crippen molar-refractivity contribution >= 4 is 0 Å². The van der Waals surface area contributed by atoms with Crippen molar-refractivity contribution in [2.45, 2.75) is 129 Å². The summed E-state index contributed by atoms with van der Waals surface area (Å²) in [5.41, 5.74) is 1.21. The Morgan fingerprint density at radius 3 is 1.64 bits per heavy atom. The Morgan fingerprint density at radius 1 is 0.607 bits per heavy atom. The van der Waals surface area contributed by atoms with Gasteiger partial charge in [0.05, 0.1) is 0 Å². The second kappa shape index (κ2) is 16.9. The summed E-state index contributed by atoms with van der Waals surface area (Å²) in [4.78, 5) is 0. The van der Waals surface area contributed by atoms with Crippen LogP contribution in [0, 0.1) is 5.92 Å². The van der Waals surface area contributed by atoms with Crippen molar-refractivity contribution in [2.75, 3.05) is 0 Å². The van der Waals surface area contributed by atoms with Gasteiger partial charge in [0.2, 0.25) is 0 Å². The maximum absolute atomic E-state index is 10.6. The lowest BCUT2D eigenvalue weighted by molar-refractivity contribution is 0.316.